The van der Waals surface area contributed by atoms with E-state index < -0.39 is 11.5 Å². The standard InChI is InChI=1S/C11H14N2O4S/c14-9(7-8-1-4-17-13-8)12-11(10(15)16)2-5-18-6-3-11/h1,4H,2-3,5-7H2,(H,12,14)(H,15,16). The number of hydrogen-bond donors (Lipinski definition) is 2. The van der Waals surface area contributed by atoms with E-state index in [0.717, 1.165) is 11.5 Å². The maximum atomic E-state index is 11.8. The molecule has 18 heavy (non-hydrogen) atoms. The van der Waals surface area contributed by atoms with E-state index in [4.69, 9.17) is 0 Å². The van der Waals surface area contributed by atoms with E-state index in [1.54, 1.807) is 17.8 Å². The molecule has 0 saturated carbocycles. The van der Waals surface area contributed by atoms with Crippen LogP contribution in [0.4, 0.5) is 0 Å². The van der Waals surface area contributed by atoms with Crippen molar-refractivity contribution in [3.63, 3.8) is 0 Å². The summed E-state index contributed by atoms with van der Waals surface area (Å²) < 4.78 is 4.63. The van der Waals surface area contributed by atoms with Crippen molar-refractivity contribution in [3.8, 4) is 0 Å². The number of amides is 1. The molecule has 0 aliphatic carbocycles. The van der Waals surface area contributed by atoms with Crippen LogP contribution in [0.1, 0.15) is 18.5 Å². The van der Waals surface area contributed by atoms with Gasteiger partial charge in [0, 0.05) is 6.07 Å². The number of nitrogens with zero attached hydrogens (tertiary/aromatic N) is 1. The summed E-state index contributed by atoms with van der Waals surface area (Å²) in [6.45, 7) is 0. The molecule has 1 aliphatic heterocycles. The molecule has 0 aromatic carbocycles. The first-order chi connectivity index (χ1) is 8.62. The van der Waals surface area contributed by atoms with E-state index in [1.165, 1.54) is 6.26 Å². The lowest BCUT2D eigenvalue weighted by Crippen LogP contribution is -2.56. The van der Waals surface area contributed by atoms with Gasteiger partial charge in [0.05, 0.1) is 12.1 Å². The molecule has 1 aromatic heterocycles. The average molecular weight is 270 g/mol. The zero-order valence-electron chi connectivity index (χ0n) is 9.72. The predicted octanol–water partition coefficient (Wildman–Crippen LogP) is 0.684. The third kappa shape index (κ3) is 2.84. The molecule has 1 saturated heterocycles. The summed E-state index contributed by atoms with van der Waals surface area (Å²) in [5.74, 6) is 0.196. The molecular weight excluding hydrogens is 256 g/mol. The molecule has 2 rings (SSSR count). The number of carbonyl (C=O) groups excluding carboxylic acids is 1. The molecule has 98 valence electrons. The summed E-state index contributed by atoms with van der Waals surface area (Å²) >= 11 is 1.71. The fourth-order valence-corrected chi connectivity index (χ4v) is 3.11. The van der Waals surface area contributed by atoms with Crippen LogP contribution in [0, 0.1) is 0 Å². The maximum Gasteiger partial charge on any atom is 0.329 e. The van der Waals surface area contributed by atoms with Crippen molar-refractivity contribution in [1.29, 1.82) is 0 Å². The van der Waals surface area contributed by atoms with Crippen molar-refractivity contribution in [2.24, 2.45) is 0 Å². The van der Waals surface area contributed by atoms with Crippen molar-refractivity contribution in [3.05, 3.63) is 18.0 Å². The van der Waals surface area contributed by atoms with E-state index in [9.17, 15) is 14.7 Å². The van der Waals surface area contributed by atoms with Crippen molar-refractivity contribution in [2.45, 2.75) is 24.8 Å². The molecule has 1 amide bonds. The Hall–Kier alpha value is -1.50. The summed E-state index contributed by atoms with van der Waals surface area (Å²) in [6.07, 6.45) is 2.33. The van der Waals surface area contributed by atoms with Crippen LogP contribution in [0.3, 0.4) is 0 Å². The van der Waals surface area contributed by atoms with Gasteiger partial charge in [0.1, 0.15) is 11.8 Å². The second-order valence-electron chi connectivity index (χ2n) is 4.22. The zero-order chi connectivity index (χ0) is 13.0. The van der Waals surface area contributed by atoms with Crippen molar-refractivity contribution in [2.75, 3.05) is 11.5 Å². The van der Waals surface area contributed by atoms with Crippen LogP contribution in [-0.2, 0) is 16.0 Å². The van der Waals surface area contributed by atoms with Crippen LogP contribution in [0.2, 0.25) is 0 Å². The van der Waals surface area contributed by atoms with Gasteiger partial charge in [-0.1, -0.05) is 5.16 Å². The molecule has 7 heteroatoms. The largest absolute Gasteiger partial charge is 0.480 e. The highest BCUT2D eigenvalue weighted by molar-refractivity contribution is 7.99. The third-order valence-corrected chi connectivity index (χ3v) is 3.95. The van der Waals surface area contributed by atoms with Crippen LogP contribution < -0.4 is 5.32 Å². The number of aliphatic carboxylic acids is 1. The monoisotopic (exact) mass is 270 g/mol. The minimum absolute atomic E-state index is 0.0404. The Morgan fingerprint density at radius 3 is 2.78 bits per heavy atom. The van der Waals surface area contributed by atoms with Gasteiger partial charge in [0.2, 0.25) is 5.91 Å². The number of rotatable bonds is 4. The molecule has 0 unspecified atom stereocenters. The SMILES string of the molecule is O=C(Cc1ccon1)NC1(C(=O)O)CCSCC1. The van der Waals surface area contributed by atoms with Gasteiger partial charge < -0.3 is 14.9 Å². The Morgan fingerprint density at radius 2 is 2.22 bits per heavy atom. The minimum Gasteiger partial charge on any atom is -0.480 e. The predicted molar refractivity (Wildman–Crippen MR) is 65.3 cm³/mol. The van der Waals surface area contributed by atoms with E-state index in [0.29, 0.717) is 18.5 Å². The average Bonchev–Trinajstić information content (AvgIpc) is 2.82. The van der Waals surface area contributed by atoms with Gasteiger partial charge in [-0.25, -0.2) is 4.79 Å². The molecular formula is C11H14N2O4S. The Morgan fingerprint density at radius 1 is 1.50 bits per heavy atom. The lowest BCUT2D eigenvalue weighted by molar-refractivity contribution is -0.148. The lowest BCUT2D eigenvalue weighted by Gasteiger charge is -2.33. The van der Waals surface area contributed by atoms with Crippen LogP contribution in [0.15, 0.2) is 16.9 Å². The smallest absolute Gasteiger partial charge is 0.329 e. The molecule has 2 heterocycles. The number of carbonyl (C=O) groups is 2. The normalized spacial score (nSPS) is 18.2. The molecule has 0 spiro atoms. The van der Waals surface area contributed by atoms with Crippen molar-refractivity contribution in [1.82, 2.24) is 10.5 Å². The van der Waals surface area contributed by atoms with Crippen molar-refractivity contribution >= 4 is 23.6 Å². The van der Waals surface area contributed by atoms with Crippen LogP contribution in [0.25, 0.3) is 0 Å². The molecule has 0 atom stereocenters. The fourth-order valence-electron chi connectivity index (χ4n) is 1.92. The van der Waals surface area contributed by atoms with E-state index in [1.807, 2.05) is 0 Å². The molecule has 1 fully saturated rings. The van der Waals surface area contributed by atoms with Gasteiger partial charge in [-0.15, -0.1) is 0 Å². The molecule has 1 aliphatic rings. The van der Waals surface area contributed by atoms with E-state index in [-0.39, 0.29) is 12.3 Å². The molecule has 6 nitrogen and oxygen atoms in total. The molecule has 0 bridgehead atoms. The number of carboxylic acids is 1. The topological polar surface area (TPSA) is 92.4 Å². The number of carboxylic acid groups (broad SMARTS) is 1. The first-order valence-corrected chi connectivity index (χ1v) is 6.79. The second-order valence-corrected chi connectivity index (χ2v) is 5.44. The van der Waals surface area contributed by atoms with Gasteiger partial charge >= 0.3 is 5.97 Å². The molecule has 0 radical (unpaired) electrons. The van der Waals surface area contributed by atoms with Gasteiger partial charge in [0.25, 0.3) is 0 Å². The third-order valence-electron chi connectivity index (χ3n) is 2.97. The summed E-state index contributed by atoms with van der Waals surface area (Å²) in [7, 11) is 0. The fraction of sp³-hybridized carbons (Fsp3) is 0.545. The highest BCUT2D eigenvalue weighted by Gasteiger charge is 2.41. The quantitative estimate of drug-likeness (QED) is 0.836. The first kappa shape index (κ1) is 12.9. The highest BCUT2D eigenvalue weighted by Crippen LogP contribution is 2.27. The van der Waals surface area contributed by atoms with Gasteiger partial charge in [-0.05, 0) is 24.3 Å². The highest BCUT2D eigenvalue weighted by atomic mass is 32.2. The number of thioether (sulfide) groups is 1. The summed E-state index contributed by atoms with van der Waals surface area (Å²) in [5, 5.41) is 15.6. The minimum atomic E-state index is -1.12. The zero-order valence-corrected chi connectivity index (χ0v) is 10.5. The van der Waals surface area contributed by atoms with E-state index in [2.05, 4.69) is 15.0 Å². The van der Waals surface area contributed by atoms with Crippen LogP contribution in [-0.4, -0.2) is 39.2 Å². The number of aromatic nitrogens is 1. The van der Waals surface area contributed by atoms with Gasteiger partial charge in [0.15, 0.2) is 0 Å². The van der Waals surface area contributed by atoms with E-state index >= 15 is 0 Å². The van der Waals surface area contributed by atoms with Gasteiger partial charge in [-0.2, -0.15) is 11.8 Å². The number of nitrogens with one attached hydrogen (secondary N) is 1. The van der Waals surface area contributed by atoms with Crippen molar-refractivity contribution < 1.29 is 19.2 Å². The summed E-state index contributed by atoms with van der Waals surface area (Å²) in [4.78, 5) is 23.2. The van der Waals surface area contributed by atoms with Crippen LogP contribution >= 0.6 is 11.8 Å². The number of hydrogen-bond acceptors (Lipinski definition) is 5. The second kappa shape index (κ2) is 5.43. The summed E-state index contributed by atoms with van der Waals surface area (Å²) in [5.41, 5.74) is -0.621. The van der Waals surface area contributed by atoms with Gasteiger partial charge in [-0.3, -0.25) is 4.79 Å². The maximum absolute atomic E-state index is 11.8. The Labute approximate surface area is 108 Å². The summed E-state index contributed by atoms with van der Waals surface area (Å²) in [6, 6.07) is 1.59. The Kier molecular flexibility index (Phi) is 3.90. The molecule has 1 aromatic rings. The molecule has 2 N–H and O–H groups in total. The Balaban J connectivity index is 2.00. The first-order valence-electron chi connectivity index (χ1n) is 5.64. The van der Waals surface area contributed by atoms with Crippen LogP contribution in [0.5, 0.6) is 0 Å². The Bertz CT molecular complexity index is 426. The lowest BCUT2D eigenvalue weighted by atomic mass is 9.92.